The molecule has 1 amide bonds. The van der Waals surface area contributed by atoms with Gasteiger partial charge in [0.15, 0.2) is 0 Å². The van der Waals surface area contributed by atoms with Gasteiger partial charge in [0.2, 0.25) is 10.0 Å². The molecule has 2 fully saturated rings. The lowest BCUT2D eigenvalue weighted by Crippen LogP contribution is -2.43. The number of sulfonamides is 1. The fraction of sp³-hybridized carbons (Fsp3) is 0.632. The molecule has 1 aromatic carbocycles. The van der Waals surface area contributed by atoms with Gasteiger partial charge < -0.3 is 10.2 Å². The Labute approximate surface area is 168 Å². The van der Waals surface area contributed by atoms with Gasteiger partial charge in [0.1, 0.15) is 0 Å². The van der Waals surface area contributed by atoms with Crippen LogP contribution < -0.4 is 5.32 Å². The molecule has 0 spiro atoms. The summed E-state index contributed by atoms with van der Waals surface area (Å²) in [6.07, 6.45) is 3.70. The molecule has 2 aliphatic heterocycles. The molecule has 8 heteroatoms. The van der Waals surface area contributed by atoms with Crippen molar-refractivity contribution >= 4 is 28.3 Å². The minimum atomic E-state index is -3.46. The van der Waals surface area contributed by atoms with Gasteiger partial charge in [0.25, 0.3) is 5.91 Å². The van der Waals surface area contributed by atoms with Crippen molar-refractivity contribution in [3.63, 3.8) is 0 Å². The van der Waals surface area contributed by atoms with Crippen molar-refractivity contribution < 1.29 is 13.2 Å². The highest BCUT2D eigenvalue weighted by molar-refractivity contribution is 7.89. The first-order valence-electron chi connectivity index (χ1n) is 9.48. The van der Waals surface area contributed by atoms with E-state index in [4.69, 9.17) is 0 Å². The van der Waals surface area contributed by atoms with Gasteiger partial charge in [-0.05, 0) is 62.9 Å². The van der Waals surface area contributed by atoms with E-state index in [1.807, 2.05) is 11.9 Å². The van der Waals surface area contributed by atoms with Crippen LogP contribution in [-0.4, -0.2) is 62.8 Å². The highest BCUT2D eigenvalue weighted by Crippen LogP contribution is 2.24. The van der Waals surface area contributed by atoms with Gasteiger partial charge in [-0.2, -0.15) is 4.31 Å². The van der Waals surface area contributed by atoms with Crippen molar-refractivity contribution in [3.8, 4) is 0 Å². The van der Waals surface area contributed by atoms with Crippen LogP contribution in [0.15, 0.2) is 29.2 Å². The average molecular weight is 416 g/mol. The number of hydrogen-bond donors (Lipinski definition) is 1. The van der Waals surface area contributed by atoms with Crippen LogP contribution in [-0.2, 0) is 10.0 Å². The third-order valence-electron chi connectivity index (χ3n) is 5.67. The van der Waals surface area contributed by atoms with Gasteiger partial charge in [-0.1, -0.05) is 6.92 Å². The summed E-state index contributed by atoms with van der Waals surface area (Å²) >= 11 is 0. The Kier molecular flexibility index (Phi) is 7.68. The van der Waals surface area contributed by atoms with Crippen molar-refractivity contribution in [1.29, 1.82) is 0 Å². The normalized spacial score (nSPS) is 20.3. The van der Waals surface area contributed by atoms with E-state index in [-0.39, 0.29) is 23.2 Å². The molecule has 0 radical (unpaired) electrons. The molecule has 0 atom stereocenters. The quantitative estimate of drug-likeness (QED) is 0.819. The van der Waals surface area contributed by atoms with Crippen LogP contribution in [0, 0.1) is 5.92 Å². The number of rotatable bonds is 4. The summed E-state index contributed by atoms with van der Waals surface area (Å²) in [7, 11) is -1.51. The number of amides is 1. The van der Waals surface area contributed by atoms with E-state index in [0.717, 1.165) is 38.8 Å². The monoisotopic (exact) mass is 415 g/mol. The number of nitrogens with one attached hydrogen (secondary N) is 1. The highest BCUT2D eigenvalue weighted by Gasteiger charge is 2.28. The van der Waals surface area contributed by atoms with Crippen LogP contribution in [0.3, 0.4) is 0 Å². The first-order valence-corrected chi connectivity index (χ1v) is 10.9. The van der Waals surface area contributed by atoms with Crippen LogP contribution in [0.25, 0.3) is 0 Å². The zero-order chi connectivity index (χ0) is 18.7. The molecule has 2 saturated heterocycles. The lowest BCUT2D eigenvalue weighted by atomic mass is 10.0. The summed E-state index contributed by atoms with van der Waals surface area (Å²) in [6, 6.07) is 6.90. The number of halogens is 1. The van der Waals surface area contributed by atoms with Crippen LogP contribution in [0.2, 0.25) is 0 Å². The Morgan fingerprint density at radius 1 is 1.00 bits per heavy atom. The van der Waals surface area contributed by atoms with Gasteiger partial charge in [-0.15, -0.1) is 12.4 Å². The molecule has 0 unspecified atom stereocenters. The lowest BCUT2D eigenvalue weighted by Gasteiger charge is -2.32. The lowest BCUT2D eigenvalue weighted by molar-refractivity contribution is 0.0707. The Bertz CT molecular complexity index is 723. The van der Waals surface area contributed by atoms with Crippen LogP contribution >= 0.6 is 12.4 Å². The number of piperidine rings is 2. The molecule has 152 valence electrons. The van der Waals surface area contributed by atoms with Gasteiger partial charge in [-0.25, -0.2) is 8.42 Å². The zero-order valence-electron chi connectivity index (χ0n) is 16.1. The van der Waals surface area contributed by atoms with Crippen molar-refractivity contribution in [2.24, 2.45) is 5.92 Å². The highest BCUT2D eigenvalue weighted by atomic mass is 35.5. The minimum absolute atomic E-state index is 0. The second-order valence-electron chi connectivity index (χ2n) is 7.47. The van der Waals surface area contributed by atoms with Crippen molar-refractivity contribution in [1.82, 2.24) is 14.5 Å². The second kappa shape index (κ2) is 9.37. The van der Waals surface area contributed by atoms with Crippen molar-refractivity contribution in [2.75, 3.05) is 33.2 Å². The first-order chi connectivity index (χ1) is 12.4. The largest absolute Gasteiger partial charge is 0.339 e. The average Bonchev–Trinajstić information content (AvgIpc) is 2.68. The zero-order valence-corrected chi connectivity index (χ0v) is 17.7. The maximum atomic E-state index is 12.8. The number of likely N-dealkylation sites (tertiary alicyclic amines) is 1. The molecule has 2 heterocycles. The summed E-state index contributed by atoms with van der Waals surface area (Å²) in [6.45, 7) is 4.77. The topological polar surface area (TPSA) is 69.7 Å². The van der Waals surface area contributed by atoms with E-state index in [1.54, 1.807) is 28.6 Å². The molecule has 0 saturated carbocycles. The van der Waals surface area contributed by atoms with Crippen LogP contribution in [0.5, 0.6) is 0 Å². The molecule has 27 heavy (non-hydrogen) atoms. The Morgan fingerprint density at radius 2 is 1.56 bits per heavy atom. The van der Waals surface area contributed by atoms with Crippen molar-refractivity contribution in [3.05, 3.63) is 29.8 Å². The van der Waals surface area contributed by atoms with Crippen LogP contribution in [0.4, 0.5) is 0 Å². The van der Waals surface area contributed by atoms with E-state index < -0.39 is 10.0 Å². The fourth-order valence-corrected chi connectivity index (χ4v) is 5.17. The smallest absolute Gasteiger partial charge is 0.253 e. The molecule has 6 nitrogen and oxygen atoms in total. The maximum Gasteiger partial charge on any atom is 0.253 e. The molecule has 1 N–H and O–H groups in total. The Hall–Kier alpha value is -1.15. The summed E-state index contributed by atoms with van der Waals surface area (Å²) in [4.78, 5) is 14.8. The molecule has 3 rings (SSSR count). The van der Waals surface area contributed by atoms with E-state index in [1.165, 1.54) is 0 Å². The van der Waals surface area contributed by atoms with Gasteiger partial charge in [0.05, 0.1) is 4.90 Å². The van der Waals surface area contributed by atoms with E-state index in [0.29, 0.717) is 30.6 Å². The van der Waals surface area contributed by atoms with E-state index in [9.17, 15) is 13.2 Å². The van der Waals surface area contributed by atoms with E-state index >= 15 is 0 Å². The molecule has 1 aromatic rings. The van der Waals surface area contributed by atoms with Gasteiger partial charge in [0, 0.05) is 37.8 Å². The number of carbonyl (C=O) groups excluding carboxylic acids is 1. The SMILES string of the molecule is CNC1CCN(C(=O)c2ccc(S(=O)(=O)N3CCC(C)CC3)cc2)CC1.Cl. The molecule has 0 aromatic heterocycles. The van der Waals surface area contributed by atoms with Gasteiger partial charge in [-0.3, -0.25) is 4.79 Å². The molecular weight excluding hydrogens is 386 g/mol. The predicted octanol–water partition coefficient (Wildman–Crippen LogP) is 2.35. The third kappa shape index (κ3) is 5.02. The summed E-state index contributed by atoms with van der Waals surface area (Å²) in [5.41, 5.74) is 0.555. The summed E-state index contributed by atoms with van der Waals surface area (Å²) < 4.78 is 27.1. The second-order valence-corrected chi connectivity index (χ2v) is 9.40. The third-order valence-corrected chi connectivity index (χ3v) is 7.58. The number of benzene rings is 1. The number of carbonyl (C=O) groups is 1. The predicted molar refractivity (Wildman–Crippen MR) is 109 cm³/mol. The summed E-state index contributed by atoms with van der Waals surface area (Å²) in [5.74, 6) is 0.559. The first kappa shape index (κ1) is 22.1. The Balaban J connectivity index is 0.00000261. The van der Waals surface area contributed by atoms with Crippen molar-refractivity contribution in [2.45, 2.75) is 43.5 Å². The minimum Gasteiger partial charge on any atom is -0.339 e. The maximum absolute atomic E-state index is 12.8. The van der Waals surface area contributed by atoms with Gasteiger partial charge >= 0.3 is 0 Å². The fourth-order valence-electron chi connectivity index (χ4n) is 3.70. The van der Waals surface area contributed by atoms with Crippen LogP contribution in [0.1, 0.15) is 43.0 Å². The molecule has 2 aliphatic rings. The molecule has 0 bridgehead atoms. The Morgan fingerprint density at radius 3 is 2.07 bits per heavy atom. The summed E-state index contributed by atoms with van der Waals surface area (Å²) in [5, 5.41) is 3.25. The number of nitrogens with zero attached hydrogens (tertiary/aromatic N) is 2. The number of hydrogen-bond acceptors (Lipinski definition) is 4. The van der Waals surface area contributed by atoms with E-state index in [2.05, 4.69) is 12.2 Å². The molecular formula is C19H30ClN3O3S. The molecule has 0 aliphatic carbocycles. The standard InChI is InChI=1S/C19H29N3O3S.ClH/c1-15-7-13-22(14-8-15)26(24,25)18-5-3-16(4-6-18)19(23)21-11-9-17(20-2)10-12-21;/h3-6,15,17,20H,7-14H2,1-2H3;1H.